The molecular weight excluding hydrogens is 166 g/mol. The van der Waals surface area contributed by atoms with Crippen molar-refractivity contribution in [3.63, 3.8) is 0 Å². The number of pyridine rings is 1. The molecule has 1 aliphatic rings. The van der Waals surface area contributed by atoms with Crippen LogP contribution >= 0.6 is 0 Å². The first-order valence-corrected chi connectivity index (χ1v) is 4.50. The van der Waals surface area contributed by atoms with E-state index in [1.807, 2.05) is 12.1 Å². The smallest absolute Gasteiger partial charge is 0.153 e. The lowest BCUT2D eigenvalue weighted by molar-refractivity contribution is -0.186. The third-order valence-corrected chi connectivity index (χ3v) is 2.39. The number of rotatable bonds is 2. The summed E-state index contributed by atoms with van der Waals surface area (Å²) in [4.78, 5) is 4.15. The second-order valence-corrected chi connectivity index (χ2v) is 3.43. The van der Waals surface area contributed by atoms with Crippen molar-refractivity contribution >= 4 is 0 Å². The van der Waals surface area contributed by atoms with Crippen molar-refractivity contribution in [3.8, 4) is 0 Å². The molecule has 0 aromatic carbocycles. The summed E-state index contributed by atoms with van der Waals surface area (Å²) >= 11 is 0. The maximum absolute atomic E-state index is 9.91. The summed E-state index contributed by atoms with van der Waals surface area (Å²) in [5.74, 6) is 0. The van der Waals surface area contributed by atoms with Crippen LogP contribution in [-0.4, -0.2) is 23.3 Å². The third kappa shape index (κ3) is 1.45. The van der Waals surface area contributed by atoms with E-state index in [0.29, 0.717) is 13.2 Å². The lowest BCUT2D eigenvalue weighted by atomic mass is 9.96. The van der Waals surface area contributed by atoms with Gasteiger partial charge in [-0.15, -0.1) is 0 Å². The van der Waals surface area contributed by atoms with Gasteiger partial charge in [0, 0.05) is 6.20 Å². The highest BCUT2D eigenvalue weighted by molar-refractivity contribution is 5.22. The van der Waals surface area contributed by atoms with Crippen LogP contribution in [0.25, 0.3) is 0 Å². The molecule has 3 heteroatoms. The van der Waals surface area contributed by atoms with Gasteiger partial charge in [-0.25, -0.2) is 0 Å². The SMILES string of the molecule is CCc1ccnc(C2(O)COC2)c1. The fourth-order valence-corrected chi connectivity index (χ4v) is 1.39. The topological polar surface area (TPSA) is 42.4 Å². The Bertz CT molecular complexity index is 308. The maximum Gasteiger partial charge on any atom is 0.153 e. The summed E-state index contributed by atoms with van der Waals surface area (Å²) < 4.78 is 4.98. The highest BCUT2D eigenvalue weighted by Crippen LogP contribution is 2.27. The number of hydrogen-bond donors (Lipinski definition) is 1. The van der Waals surface area contributed by atoms with Crippen LogP contribution in [0.4, 0.5) is 0 Å². The molecule has 3 nitrogen and oxygen atoms in total. The van der Waals surface area contributed by atoms with Crippen molar-refractivity contribution in [2.75, 3.05) is 13.2 Å². The molecule has 0 amide bonds. The Morgan fingerprint density at radius 2 is 2.38 bits per heavy atom. The first-order valence-electron chi connectivity index (χ1n) is 4.50. The number of hydrogen-bond acceptors (Lipinski definition) is 3. The molecule has 1 aliphatic heterocycles. The van der Waals surface area contributed by atoms with E-state index in [9.17, 15) is 5.11 Å². The van der Waals surface area contributed by atoms with Crippen LogP contribution in [0.15, 0.2) is 18.3 Å². The molecule has 13 heavy (non-hydrogen) atoms. The van der Waals surface area contributed by atoms with Crippen LogP contribution in [0.1, 0.15) is 18.2 Å². The molecule has 0 radical (unpaired) electrons. The van der Waals surface area contributed by atoms with Crippen LogP contribution in [-0.2, 0) is 16.8 Å². The number of nitrogens with zero attached hydrogens (tertiary/aromatic N) is 1. The Labute approximate surface area is 77.4 Å². The predicted octanol–water partition coefficient (Wildman–Crippen LogP) is 0.862. The first kappa shape index (κ1) is 8.66. The van der Waals surface area contributed by atoms with Gasteiger partial charge in [-0.1, -0.05) is 6.92 Å². The van der Waals surface area contributed by atoms with Gasteiger partial charge in [0.15, 0.2) is 5.60 Å². The second-order valence-electron chi connectivity index (χ2n) is 3.43. The minimum absolute atomic E-state index is 0.368. The number of aliphatic hydroxyl groups is 1. The molecule has 0 spiro atoms. The lowest BCUT2D eigenvalue weighted by Crippen LogP contribution is -2.47. The first-order chi connectivity index (χ1) is 6.24. The molecule has 2 rings (SSSR count). The van der Waals surface area contributed by atoms with E-state index < -0.39 is 5.60 Å². The van der Waals surface area contributed by atoms with Crippen LogP contribution in [0.2, 0.25) is 0 Å². The third-order valence-electron chi connectivity index (χ3n) is 2.39. The average molecular weight is 179 g/mol. The minimum Gasteiger partial charge on any atom is -0.379 e. The monoisotopic (exact) mass is 179 g/mol. The summed E-state index contributed by atoms with van der Waals surface area (Å²) in [6, 6.07) is 3.91. The van der Waals surface area contributed by atoms with E-state index >= 15 is 0 Å². The molecule has 0 unspecified atom stereocenters. The van der Waals surface area contributed by atoms with Crippen molar-refractivity contribution in [2.45, 2.75) is 18.9 Å². The van der Waals surface area contributed by atoms with Crippen LogP contribution in [0.3, 0.4) is 0 Å². The summed E-state index contributed by atoms with van der Waals surface area (Å²) in [6.07, 6.45) is 2.71. The fraction of sp³-hybridized carbons (Fsp3) is 0.500. The Morgan fingerprint density at radius 1 is 1.62 bits per heavy atom. The van der Waals surface area contributed by atoms with Gasteiger partial charge in [0.05, 0.1) is 18.9 Å². The van der Waals surface area contributed by atoms with Crippen molar-refractivity contribution in [1.29, 1.82) is 0 Å². The maximum atomic E-state index is 9.91. The van der Waals surface area contributed by atoms with Crippen molar-refractivity contribution in [3.05, 3.63) is 29.6 Å². The van der Waals surface area contributed by atoms with Gasteiger partial charge in [0.25, 0.3) is 0 Å². The molecule has 0 atom stereocenters. The largest absolute Gasteiger partial charge is 0.379 e. The zero-order valence-corrected chi connectivity index (χ0v) is 7.66. The molecular formula is C10H13NO2. The Morgan fingerprint density at radius 3 is 2.92 bits per heavy atom. The van der Waals surface area contributed by atoms with E-state index in [2.05, 4.69) is 11.9 Å². The molecule has 70 valence electrons. The van der Waals surface area contributed by atoms with Gasteiger partial charge >= 0.3 is 0 Å². The molecule has 1 aromatic rings. The fourth-order valence-electron chi connectivity index (χ4n) is 1.39. The molecule has 1 saturated heterocycles. The normalized spacial score (nSPS) is 19.5. The molecule has 1 aromatic heterocycles. The zero-order chi connectivity index (χ0) is 9.31. The predicted molar refractivity (Wildman–Crippen MR) is 48.3 cm³/mol. The van der Waals surface area contributed by atoms with E-state index in [1.54, 1.807) is 6.20 Å². The average Bonchev–Trinajstić information content (AvgIpc) is 2.14. The Kier molecular flexibility index (Phi) is 2.06. The van der Waals surface area contributed by atoms with E-state index in [0.717, 1.165) is 12.1 Å². The zero-order valence-electron chi connectivity index (χ0n) is 7.66. The molecule has 0 aliphatic carbocycles. The van der Waals surface area contributed by atoms with Gasteiger partial charge in [0.2, 0.25) is 0 Å². The molecule has 0 saturated carbocycles. The minimum atomic E-state index is -0.828. The van der Waals surface area contributed by atoms with E-state index in [1.165, 1.54) is 5.56 Å². The van der Waals surface area contributed by atoms with Gasteiger partial charge in [-0.3, -0.25) is 4.98 Å². The van der Waals surface area contributed by atoms with E-state index in [-0.39, 0.29) is 0 Å². The van der Waals surface area contributed by atoms with Gasteiger partial charge in [-0.2, -0.15) is 0 Å². The highest BCUT2D eigenvalue weighted by atomic mass is 16.5. The van der Waals surface area contributed by atoms with Crippen LogP contribution < -0.4 is 0 Å². The molecule has 2 heterocycles. The Hall–Kier alpha value is -0.930. The number of ether oxygens (including phenoxy) is 1. The van der Waals surface area contributed by atoms with E-state index in [4.69, 9.17) is 4.74 Å². The van der Waals surface area contributed by atoms with Crippen LogP contribution in [0, 0.1) is 0 Å². The van der Waals surface area contributed by atoms with Gasteiger partial charge < -0.3 is 9.84 Å². The van der Waals surface area contributed by atoms with Crippen LogP contribution in [0.5, 0.6) is 0 Å². The van der Waals surface area contributed by atoms with Gasteiger partial charge in [-0.05, 0) is 24.1 Å². The molecule has 0 bridgehead atoms. The Balaban J connectivity index is 2.29. The summed E-state index contributed by atoms with van der Waals surface area (Å²) in [5, 5.41) is 9.91. The molecule has 1 N–H and O–H groups in total. The standard InChI is InChI=1S/C10H13NO2/c1-2-8-3-4-11-9(5-8)10(12)6-13-7-10/h3-5,12H,2,6-7H2,1H3. The highest BCUT2D eigenvalue weighted by Gasteiger charge is 2.39. The summed E-state index contributed by atoms with van der Waals surface area (Å²) in [5.41, 5.74) is 1.11. The number of aryl methyl sites for hydroxylation is 1. The number of aromatic nitrogens is 1. The van der Waals surface area contributed by atoms with Crippen molar-refractivity contribution in [1.82, 2.24) is 4.98 Å². The summed E-state index contributed by atoms with van der Waals surface area (Å²) in [7, 11) is 0. The van der Waals surface area contributed by atoms with Crippen molar-refractivity contribution in [2.24, 2.45) is 0 Å². The lowest BCUT2D eigenvalue weighted by Gasteiger charge is -2.35. The quantitative estimate of drug-likeness (QED) is 0.732. The molecule has 1 fully saturated rings. The van der Waals surface area contributed by atoms with Crippen molar-refractivity contribution < 1.29 is 9.84 Å². The summed E-state index contributed by atoms with van der Waals surface area (Å²) in [6.45, 7) is 2.82. The second kappa shape index (κ2) is 3.09. The van der Waals surface area contributed by atoms with Gasteiger partial charge in [0.1, 0.15) is 0 Å².